The van der Waals surface area contributed by atoms with Gasteiger partial charge in [-0.25, -0.2) is 0 Å². The molecule has 0 aliphatic carbocycles. The van der Waals surface area contributed by atoms with E-state index in [0.717, 1.165) is 17.5 Å². The van der Waals surface area contributed by atoms with Crippen LogP contribution in [0, 0.1) is 0 Å². The lowest BCUT2D eigenvalue weighted by molar-refractivity contribution is 0.384. The van der Waals surface area contributed by atoms with Crippen molar-refractivity contribution in [1.82, 2.24) is 5.32 Å². The summed E-state index contributed by atoms with van der Waals surface area (Å²) >= 11 is 7.94. The minimum Gasteiger partial charge on any atom is -0.314 e. The summed E-state index contributed by atoms with van der Waals surface area (Å²) in [5.74, 6) is 0.724. The summed E-state index contributed by atoms with van der Waals surface area (Å²) in [6.07, 6.45) is 2.51. The number of nitrogens with one attached hydrogen (secondary N) is 1. The van der Waals surface area contributed by atoms with Crippen LogP contribution in [0.5, 0.6) is 0 Å². The van der Waals surface area contributed by atoms with Crippen molar-refractivity contribution in [2.75, 3.05) is 6.54 Å². The fourth-order valence-corrected chi connectivity index (χ4v) is 4.11. The number of halogens is 1. The van der Waals surface area contributed by atoms with Gasteiger partial charge in [0.25, 0.3) is 0 Å². The predicted octanol–water partition coefficient (Wildman–Crippen LogP) is 4.41. The Bertz CT molecular complexity index is 534. The highest BCUT2D eigenvalue weighted by molar-refractivity contribution is 7.19. The highest BCUT2D eigenvalue weighted by Crippen LogP contribution is 2.37. The van der Waals surface area contributed by atoms with Gasteiger partial charge in [-0.3, -0.25) is 0 Å². The second-order valence-electron chi connectivity index (χ2n) is 4.91. The van der Waals surface area contributed by atoms with E-state index in [9.17, 15) is 0 Å². The minimum atomic E-state index is 0.641. The average Bonchev–Trinajstić information content (AvgIpc) is 2.72. The third kappa shape index (κ3) is 2.35. The van der Waals surface area contributed by atoms with Crippen LogP contribution in [0.1, 0.15) is 30.6 Å². The Morgan fingerprint density at radius 1 is 1.35 bits per heavy atom. The van der Waals surface area contributed by atoms with Crippen molar-refractivity contribution in [1.29, 1.82) is 0 Å². The number of rotatable bonds is 1. The normalized spacial score (nSPS) is 25.3. The Hall–Kier alpha value is -0.570. The molecule has 2 heterocycles. The molecule has 3 rings (SSSR count). The van der Waals surface area contributed by atoms with Crippen molar-refractivity contribution in [3.8, 4) is 0 Å². The van der Waals surface area contributed by atoms with Crippen molar-refractivity contribution < 1.29 is 0 Å². The highest BCUT2D eigenvalue weighted by atomic mass is 35.5. The van der Waals surface area contributed by atoms with Gasteiger partial charge in [0.15, 0.2) is 0 Å². The van der Waals surface area contributed by atoms with Crippen LogP contribution in [-0.2, 0) is 0 Å². The zero-order chi connectivity index (χ0) is 11.8. The smallest absolute Gasteiger partial charge is 0.0420 e. The molecule has 1 saturated heterocycles. The Morgan fingerprint density at radius 2 is 2.24 bits per heavy atom. The molecular weight excluding hydrogens is 250 g/mol. The van der Waals surface area contributed by atoms with Crippen LogP contribution in [-0.4, -0.2) is 12.6 Å². The van der Waals surface area contributed by atoms with Crippen molar-refractivity contribution in [2.45, 2.75) is 31.7 Å². The summed E-state index contributed by atoms with van der Waals surface area (Å²) in [5, 5.41) is 5.68. The average molecular weight is 266 g/mol. The molecule has 0 spiro atoms. The molecule has 1 aliphatic heterocycles. The molecule has 0 unspecified atom stereocenters. The minimum absolute atomic E-state index is 0.641. The van der Waals surface area contributed by atoms with E-state index >= 15 is 0 Å². The molecule has 17 heavy (non-hydrogen) atoms. The van der Waals surface area contributed by atoms with E-state index < -0.39 is 0 Å². The number of benzene rings is 1. The Balaban J connectivity index is 1.94. The van der Waals surface area contributed by atoms with E-state index in [4.69, 9.17) is 11.6 Å². The zero-order valence-corrected chi connectivity index (χ0v) is 11.4. The van der Waals surface area contributed by atoms with Gasteiger partial charge >= 0.3 is 0 Å². The van der Waals surface area contributed by atoms with Crippen LogP contribution < -0.4 is 5.32 Å². The molecule has 1 fully saturated rings. The lowest BCUT2D eigenvalue weighted by Crippen LogP contribution is -2.34. The standard InChI is InChI=1S/C14H16ClNS/c1-9-6-11(4-5-16-9)13-7-10-2-3-12(15)8-14(10)17-13/h2-3,7-9,11,16H,4-6H2,1H3/t9-,11-/m1/s1. The molecule has 1 aromatic heterocycles. The first-order chi connectivity index (χ1) is 8.22. The molecule has 2 atom stereocenters. The molecular formula is C14H16ClNS. The maximum absolute atomic E-state index is 6.03. The van der Waals surface area contributed by atoms with Gasteiger partial charge in [-0.1, -0.05) is 17.7 Å². The maximum atomic E-state index is 6.03. The second-order valence-corrected chi connectivity index (χ2v) is 6.46. The lowest BCUT2D eigenvalue weighted by Gasteiger charge is -2.27. The van der Waals surface area contributed by atoms with Crippen LogP contribution in [0.4, 0.5) is 0 Å². The lowest BCUT2D eigenvalue weighted by atomic mass is 9.92. The Kier molecular flexibility index (Phi) is 3.12. The van der Waals surface area contributed by atoms with Crippen LogP contribution >= 0.6 is 22.9 Å². The number of piperidine rings is 1. The molecule has 3 heteroatoms. The van der Waals surface area contributed by atoms with E-state index in [2.05, 4.69) is 30.4 Å². The summed E-state index contributed by atoms with van der Waals surface area (Å²) in [4.78, 5) is 1.52. The quantitative estimate of drug-likeness (QED) is 0.805. The molecule has 2 aromatic rings. The van der Waals surface area contributed by atoms with Crippen LogP contribution in [0.2, 0.25) is 5.02 Å². The topological polar surface area (TPSA) is 12.0 Å². The van der Waals surface area contributed by atoms with Crippen LogP contribution in [0.3, 0.4) is 0 Å². The summed E-state index contributed by atoms with van der Waals surface area (Å²) in [6, 6.07) is 9.17. The molecule has 0 radical (unpaired) electrons. The molecule has 90 valence electrons. The van der Waals surface area contributed by atoms with E-state index in [0.29, 0.717) is 6.04 Å². The predicted molar refractivity (Wildman–Crippen MR) is 76.3 cm³/mol. The van der Waals surface area contributed by atoms with Crippen molar-refractivity contribution in [3.05, 3.63) is 34.2 Å². The Morgan fingerprint density at radius 3 is 3.06 bits per heavy atom. The summed E-state index contributed by atoms with van der Waals surface area (Å²) in [6.45, 7) is 3.41. The number of fused-ring (bicyclic) bond motifs is 1. The van der Waals surface area contributed by atoms with E-state index in [1.807, 2.05) is 17.4 Å². The SMILES string of the molecule is C[C@@H]1C[C@H](c2cc3ccc(Cl)cc3s2)CCN1. The second kappa shape index (κ2) is 4.60. The van der Waals surface area contributed by atoms with Gasteiger partial charge in [0.1, 0.15) is 0 Å². The first kappa shape index (κ1) is 11.5. The third-order valence-electron chi connectivity index (χ3n) is 3.53. The van der Waals surface area contributed by atoms with Crippen LogP contribution in [0.15, 0.2) is 24.3 Å². The van der Waals surface area contributed by atoms with Crippen LogP contribution in [0.25, 0.3) is 10.1 Å². The first-order valence-corrected chi connectivity index (χ1v) is 7.34. The number of hydrogen-bond donors (Lipinski definition) is 1. The van der Waals surface area contributed by atoms with Crippen molar-refractivity contribution >= 4 is 33.0 Å². The summed E-state index contributed by atoms with van der Waals surface area (Å²) in [7, 11) is 0. The summed E-state index contributed by atoms with van der Waals surface area (Å²) < 4.78 is 1.32. The monoisotopic (exact) mass is 265 g/mol. The van der Waals surface area contributed by atoms with Crippen molar-refractivity contribution in [2.24, 2.45) is 0 Å². The highest BCUT2D eigenvalue weighted by Gasteiger charge is 2.21. The molecule has 0 bridgehead atoms. The van der Waals surface area contributed by atoms with Gasteiger partial charge in [-0.15, -0.1) is 11.3 Å². The van der Waals surface area contributed by atoms with Gasteiger partial charge in [0.05, 0.1) is 0 Å². The van der Waals surface area contributed by atoms with Gasteiger partial charge in [0, 0.05) is 20.6 Å². The van der Waals surface area contributed by atoms with Gasteiger partial charge < -0.3 is 5.32 Å². The maximum Gasteiger partial charge on any atom is 0.0420 e. The number of thiophene rings is 1. The molecule has 0 saturated carbocycles. The molecule has 1 N–H and O–H groups in total. The zero-order valence-electron chi connectivity index (χ0n) is 9.87. The molecule has 1 nitrogen and oxygen atoms in total. The fourth-order valence-electron chi connectivity index (χ4n) is 2.62. The molecule has 0 amide bonds. The third-order valence-corrected chi connectivity index (χ3v) is 5.02. The molecule has 1 aliphatic rings. The van der Waals surface area contributed by atoms with Crippen molar-refractivity contribution in [3.63, 3.8) is 0 Å². The van der Waals surface area contributed by atoms with E-state index in [1.54, 1.807) is 0 Å². The fraction of sp³-hybridized carbons (Fsp3) is 0.429. The largest absolute Gasteiger partial charge is 0.314 e. The van der Waals surface area contributed by atoms with E-state index in [1.165, 1.54) is 27.8 Å². The number of hydrogen-bond acceptors (Lipinski definition) is 2. The Labute approximate surface area is 111 Å². The van der Waals surface area contributed by atoms with Gasteiger partial charge in [-0.2, -0.15) is 0 Å². The summed E-state index contributed by atoms with van der Waals surface area (Å²) in [5.41, 5.74) is 0. The van der Waals surface area contributed by atoms with Gasteiger partial charge in [-0.05, 0) is 55.8 Å². The molecule has 1 aromatic carbocycles. The first-order valence-electron chi connectivity index (χ1n) is 6.15. The van der Waals surface area contributed by atoms with Gasteiger partial charge in [0.2, 0.25) is 0 Å². The van der Waals surface area contributed by atoms with E-state index in [-0.39, 0.29) is 0 Å².